The molecule has 0 aromatic carbocycles. The number of carbonyl (C=O) groups excluding carboxylic acids is 1. The fraction of sp³-hybridized carbons (Fsp3) is 0.938. The Morgan fingerprint density at radius 1 is 1.00 bits per heavy atom. The minimum absolute atomic E-state index is 0.0682. The van der Waals surface area contributed by atoms with Gasteiger partial charge in [-0.3, -0.25) is 4.79 Å². The molecule has 0 rings (SSSR count). The average molecular weight is 271 g/mol. The van der Waals surface area contributed by atoms with E-state index in [2.05, 4.69) is 20.8 Å². The van der Waals surface area contributed by atoms with Crippen LogP contribution in [0.4, 0.5) is 0 Å². The molecule has 0 radical (unpaired) electrons. The van der Waals surface area contributed by atoms with Crippen LogP contribution >= 0.6 is 0 Å². The Bertz CT molecular complexity index is 215. The van der Waals surface area contributed by atoms with Gasteiger partial charge in [-0.15, -0.1) is 0 Å². The Hall–Kier alpha value is -0.570. The van der Waals surface area contributed by atoms with Crippen molar-refractivity contribution in [2.75, 3.05) is 13.2 Å². The van der Waals surface area contributed by atoms with Gasteiger partial charge in [-0.2, -0.15) is 0 Å². The van der Waals surface area contributed by atoms with Crippen molar-refractivity contribution in [3.05, 3.63) is 0 Å². The fourth-order valence-electron chi connectivity index (χ4n) is 2.55. The second kappa shape index (κ2) is 12.5. The molecule has 0 aromatic heterocycles. The van der Waals surface area contributed by atoms with Crippen molar-refractivity contribution in [3.8, 4) is 0 Å². The number of hydrogen-bond donors (Lipinski definition) is 1. The lowest BCUT2D eigenvalue weighted by atomic mass is 10.1. The lowest BCUT2D eigenvalue weighted by Gasteiger charge is -2.30. The second-order valence-electron chi connectivity index (χ2n) is 5.30. The number of hydrogen-bond acceptors (Lipinski definition) is 2. The summed E-state index contributed by atoms with van der Waals surface area (Å²) in [5.74, 6) is 0.221. The highest BCUT2D eigenvalue weighted by molar-refractivity contribution is 5.76. The van der Waals surface area contributed by atoms with E-state index in [9.17, 15) is 4.79 Å². The van der Waals surface area contributed by atoms with Gasteiger partial charge in [0.25, 0.3) is 0 Å². The van der Waals surface area contributed by atoms with Gasteiger partial charge >= 0.3 is 0 Å². The van der Waals surface area contributed by atoms with Crippen molar-refractivity contribution in [2.24, 2.45) is 0 Å². The van der Waals surface area contributed by atoms with Crippen LogP contribution < -0.4 is 0 Å². The molecule has 19 heavy (non-hydrogen) atoms. The minimum atomic E-state index is 0.0682. The number of amides is 1. The Morgan fingerprint density at radius 2 is 1.58 bits per heavy atom. The number of carbonyl (C=O) groups is 1. The molecule has 0 aromatic rings. The maximum absolute atomic E-state index is 12.2. The first kappa shape index (κ1) is 18.4. The van der Waals surface area contributed by atoms with Crippen LogP contribution in [-0.2, 0) is 4.79 Å². The van der Waals surface area contributed by atoms with Gasteiger partial charge in [0.05, 0.1) is 6.61 Å². The Labute approximate surface area is 119 Å². The standard InChI is InChI=1S/C16H33NO2/c1-4-7-8-9-10-11-12-16(19)17(13-14-18)15(5-2)6-3/h15,18H,4-14H2,1-3H3. The maximum atomic E-state index is 12.2. The summed E-state index contributed by atoms with van der Waals surface area (Å²) in [6, 6.07) is 0.291. The van der Waals surface area contributed by atoms with Crippen molar-refractivity contribution in [1.29, 1.82) is 0 Å². The molecule has 1 amide bonds. The fourth-order valence-corrected chi connectivity index (χ4v) is 2.55. The Kier molecular flexibility index (Phi) is 12.1. The summed E-state index contributed by atoms with van der Waals surface area (Å²) in [4.78, 5) is 14.1. The third kappa shape index (κ3) is 8.25. The summed E-state index contributed by atoms with van der Waals surface area (Å²) >= 11 is 0. The van der Waals surface area contributed by atoms with E-state index in [-0.39, 0.29) is 12.5 Å². The first-order chi connectivity index (χ1) is 9.21. The maximum Gasteiger partial charge on any atom is 0.222 e. The van der Waals surface area contributed by atoms with Crippen LogP contribution in [0.1, 0.15) is 78.6 Å². The summed E-state index contributed by atoms with van der Waals surface area (Å²) < 4.78 is 0. The highest BCUT2D eigenvalue weighted by Gasteiger charge is 2.19. The molecule has 0 saturated carbocycles. The SMILES string of the molecule is CCCCCCCCC(=O)N(CCO)C(CC)CC. The van der Waals surface area contributed by atoms with E-state index in [0.29, 0.717) is 19.0 Å². The topological polar surface area (TPSA) is 40.5 Å². The van der Waals surface area contributed by atoms with Gasteiger partial charge in [0.15, 0.2) is 0 Å². The second-order valence-corrected chi connectivity index (χ2v) is 5.30. The van der Waals surface area contributed by atoms with Gasteiger partial charge in [-0.25, -0.2) is 0 Å². The Balaban J connectivity index is 3.97. The third-order valence-corrected chi connectivity index (χ3v) is 3.79. The lowest BCUT2D eigenvalue weighted by Crippen LogP contribution is -2.41. The van der Waals surface area contributed by atoms with E-state index < -0.39 is 0 Å². The predicted molar refractivity (Wildman–Crippen MR) is 81.2 cm³/mol. The molecule has 0 heterocycles. The zero-order valence-corrected chi connectivity index (χ0v) is 13.2. The van der Waals surface area contributed by atoms with E-state index >= 15 is 0 Å². The Morgan fingerprint density at radius 3 is 2.11 bits per heavy atom. The monoisotopic (exact) mass is 271 g/mol. The number of rotatable bonds is 12. The number of aliphatic hydroxyl groups excluding tert-OH is 1. The van der Waals surface area contributed by atoms with Gasteiger partial charge in [-0.1, -0.05) is 52.9 Å². The highest BCUT2D eigenvalue weighted by atomic mass is 16.3. The summed E-state index contributed by atoms with van der Waals surface area (Å²) in [6.07, 6.45) is 9.83. The third-order valence-electron chi connectivity index (χ3n) is 3.79. The first-order valence-corrected chi connectivity index (χ1v) is 8.11. The molecule has 0 bridgehead atoms. The minimum Gasteiger partial charge on any atom is -0.395 e. The molecule has 3 heteroatoms. The molecule has 0 saturated heterocycles. The van der Waals surface area contributed by atoms with Crippen LogP contribution in [0.25, 0.3) is 0 Å². The van der Waals surface area contributed by atoms with Gasteiger partial charge in [0.1, 0.15) is 0 Å². The normalized spacial score (nSPS) is 11.0. The molecule has 0 spiro atoms. The summed E-state index contributed by atoms with van der Waals surface area (Å²) in [6.45, 7) is 6.98. The molecule has 0 atom stereocenters. The molecule has 0 aliphatic heterocycles. The molecule has 114 valence electrons. The van der Waals surface area contributed by atoms with Crippen LogP contribution in [0.3, 0.4) is 0 Å². The predicted octanol–water partition coefficient (Wildman–Crippen LogP) is 3.75. The van der Waals surface area contributed by atoms with E-state index in [1.807, 2.05) is 4.90 Å². The van der Waals surface area contributed by atoms with Crippen LogP contribution in [0.5, 0.6) is 0 Å². The molecule has 0 fully saturated rings. The molecule has 1 N–H and O–H groups in total. The summed E-state index contributed by atoms with van der Waals surface area (Å²) in [5, 5.41) is 9.10. The zero-order chi connectivity index (χ0) is 14.5. The van der Waals surface area contributed by atoms with Gasteiger partial charge in [0, 0.05) is 19.0 Å². The van der Waals surface area contributed by atoms with Crippen molar-refractivity contribution in [3.63, 3.8) is 0 Å². The molecular formula is C16H33NO2. The van der Waals surface area contributed by atoms with Crippen molar-refractivity contribution < 1.29 is 9.90 Å². The molecule has 0 aliphatic carbocycles. The van der Waals surface area contributed by atoms with E-state index in [1.54, 1.807) is 0 Å². The van der Waals surface area contributed by atoms with Crippen LogP contribution in [-0.4, -0.2) is 35.1 Å². The largest absolute Gasteiger partial charge is 0.395 e. The zero-order valence-electron chi connectivity index (χ0n) is 13.2. The van der Waals surface area contributed by atoms with Gasteiger partial charge in [-0.05, 0) is 19.3 Å². The van der Waals surface area contributed by atoms with Crippen molar-refractivity contribution in [1.82, 2.24) is 4.90 Å². The smallest absolute Gasteiger partial charge is 0.222 e. The number of nitrogens with zero attached hydrogens (tertiary/aromatic N) is 1. The van der Waals surface area contributed by atoms with Gasteiger partial charge in [0.2, 0.25) is 5.91 Å². The van der Waals surface area contributed by atoms with Crippen LogP contribution in [0.2, 0.25) is 0 Å². The lowest BCUT2D eigenvalue weighted by molar-refractivity contribution is -0.134. The highest BCUT2D eigenvalue weighted by Crippen LogP contribution is 2.13. The van der Waals surface area contributed by atoms with E-state index in [4.69, 9.17) is 5.11 Å². The molecule has 0 aliphatic rings. The average Bonchev–Trinajstić information content (AvgIpc) is 2.42. The van der Waals surface area contributed by atoms with Gasteiger partial charge < -0.3 is 10.0 Å². The van der Waals surface area contributed by atoms with Crippen molar-refractivity contribution >= 4 is 5.91 Å². The van der Waals surface area contributed by atoms with E-state index in [1.165, 1.54) is 25.7 Å². The molecule has 3 nitrogen and oxygen atoms in total. The number of aliphatic hydroxyl groups is 1. The number of unbranched alkanes of at least 4 members (excludes halogenated alkanes) is 5. The molecular weight excluding hydrogens is 238 g/mol. The summed E-state index contributed by atoms with van der Waals surface area (Å²) in [7, 11) is 0. The van der Waals surface area contributed by atoms with E-state index in [0.717, 1.165) is 25.7 Å². The quantitative estimate of drug-likeness (QED) is 0.549. The van der Waals surface area contributed by atoms with Crippen LogP contribution in [0, 0.1) is 0 Å². The van der Waals surface area contributed by atoms with Crippen molar-refractivity contribution in [2.45, 2.75) is 84.6 Å². The van der Waals surface area contributed by atoms with Crippen LogP contribution in [0.15, 0.2) is 0 Å². The summed E-state index contributed by atoms with van der Waals surface area (Å²) in [5.41, 5.74) is 0. The molecule has 0 unspecified atom stereocenters. The first-order valence-electron chi connectivity index (χ1n) is 8.11.